The van der Waals surface area contributed by atoms with Gasteiger partial charge >= 0.3 is 0 Å². The summed E-state index contributed by atoms with van der Waals surface area (Å²) in [6.45, 7) is 6.92. The van der Waals surface area contributed by atoms with Crippen molar-refractivity contribution in [1.82, 2.24) is 0 Å². The summed E-state index contributed by atoms with van der Waals surface area (Å²) in [6.07, 6.45) is 10.4. The highest BCUT2D eigenvalue weighted by atomic mass is 14.6. The lowest BCUT2D eigenvalue weighted by Gasteiger charge is -2.61. The first-order valence-corrected chi connectivity index (χ1v) is 5.99. The van der Waals surface area contributed by atoms with Crippen LogP contribution in [-0.2, 0) is 0 Å². The van der Waals surface area contributed by atoms with Gasteiger partial charge in [-0.25, -0.2) is 0 Å². The smallest absolute Gasteiger partial charge is 0.0287 e. The Balaban J connectivity index is 1.95. The molecule has 0 spiro atoms. The Morgan fingerprint density at radius 1 is 1.15 bits per heavy atom. The van der Waals surface area contributed by atoms with Gasteiger partial charge in [0.2, 0.25) is 0 Å². The van der Waals surface area contributed by atoms with Crippen molar-refractivity contribution in [3.8, 4) is 0 Å². The van der Waals surface area contributed by atoms with Crippen LogP contribution in [0.4, 0.5) is 0 Å². The molecule has 0 aromatic carbocycles. The molecule has 0 heterocycles. The van der Waals surface area contributed by atoms with Crippen LogP contribution in [0.2, 0.25) is 0 Å². The van der Waals surface area contributed by atoms with Crippen LogP contribution >= 0.6 is 0 Å². The van der Waals surface area contributed by atoms with Crippen LogP contribution in [0.1, 0.15) is 51.9 Å². The van der Waals surface area contributed by atoms with Gasteiger partial charge in [0.1, 0.15) is 0 Å². The van der Waals surface area contributed by atoms with Gasteiger partial charge in [0.15, 0.2) is 0 Å². The highest BCUT2D eigenvalue weighted by molar-refractivity contribution is 5.07. The molecule has 4 rings (SSSR count). The lowest BCUT2D eigenvalue weighted by atomic mass is 9.44. The third-order valence-corrected chi connectivity index (χ3v) is 5.05. The Morgan fingerprint density at radius 2 is 1.77 bits per heavy atom. The number of rotatable bonds is 1. The standard InChI is InChI=1S/C13H21/c1-3-13-7-10-4-11(8-13)6-12(2,5-10)9-13/h10-11H,2-9H2,1H3. The minimum atomic E-state index is 0.514. The maximum absolute atomic E-state index is 4.52. The second-order valence-corrected chi connectivity index (χ2v) is 6.31. The Hall–Kier alpha value is 0. The first kappa shape index (κ1) is 8.32. The van der Waals surface area contributed by atoms with E-state index in [9.17, 15) is 0 Å². The molecule has 1 radical (unpaired) electrons. The quantitative estimate of drug-likeness (QED) is 0.571. The van der Waals surface area contributed by atoms with Crippen LogP contribution in [0.15, 0.2) is 0 Å². The molecule has 73 valence electrons. The molecule has 13 heavy (non-hydrogen) atoms. The van der Waals surface area contributed by atoms with Crippen LogP contribution in [0.25, 0.3) is 0 Å². The lowest BCUT2D eigenvalue weighted by Crippen LogP contribution is -2.50. The van der Waals surface area contributed by atoms with Gasteiger partial charge in [0.05, 0.1) is 0 Å². The van der Waals surface area contributed by atoms with Crippen LogP contribution in [0.5, 0.6) is 0 Å². The normalized spacial score (nSPS) is 58.6. The van der Waals surface area contributed by atoms with E-state index in [1.54, 1.807) is 6.42 Å². The summed E-state index contributed by atoms with van der Waals surface area (Å²) in [5.41, 5.74) is 1.26. The van der Waals surface area contributed by atoms with Crippen molar-refractivity contribution in [3.63, 3.8) is 0 Å². The zero-order valence-corrected chi connectivity index (χ0v) is 8.81. The van der Waals surface area contributed by atoms with Gasteiger partial charge in [-0.15, -0.1) is 0 Å². The molecule has 2 atom stereocenters. The molecule has 0 aliphatic heterocycles. The molecule has 0 aromatic heterocycles. The van der Waals surface area contributed by atoms with Crippen molar-refractivity contribution in [2.45, 2.75) is 51.9 Å². The van der Waals surface area contributed by atoms with Gasteiger partial charge < -0.3 is 0 Å². The van der Waals surface area contributed by atoms with Crippen molar-refractivity contribution in [1.29, 1.82) is 0 Å². The molecular formula is C13H21. The molecule has 4 saturated carbocycles. The molecule has 0 saturated heterocycles. The summed E-state index contributed by atoms with van der Waals surface area (Å²) in [4.78, 5) is 0. The van der Waals surface area contributed by atoms with Gasteiger partial charge in [0.25, 0.3) is 0 Å². The van der Waals surface area contributed by atoms with E-state index >= 15 is 0 Å². The zero-order valence-electron chi connectivity index (χ0n) is 8.81. The summed E-state index contributed by atoms with van der Waals surface area (Å²) < 4.78 is 0. The largest absolute Gasteiger partial charge is 0.0649 e. The first-order valence-electron chi connectivity index (χ1n) is 5.99. The fraction of sp³-hybridized carbons (Fsp3) is 0.923. The summed E-state index contributed by atoms with van der Waals surface area (Å²) >= 11 is 0. The van der Waals surface area contributed by atoms with E-state index < -0.39 is 0 Å². The summed E-state index contributed by atoms with van der Waals surface area (Å²) in [5.74, 6) is 2.11. The molecule has 4 bridgehead atoms. The van der Waals surface area contributed by atoms with Gasteiger partial charge in [-0.2, -0.15) is 0 Å². The third kappa shape index (κ3) is 1.10. The predicted octanol–water partition coefficient (Wildman–Crippen LogP) is 3.82. The molecule has 0 heteroatoms. The van der Waals surface area contributed by atoms with E-state index in [2.05, 4.69) is 13.8 Å². The molecular weight excluding hydrogens is 156 g/mol. The van der Waals surface area contributed by atoms with E-state index in [1.807, 2.05) is 0 Å². The third-order valence-electron chi connectivity index (χ3n) is 5.05. The van der Waals surface area contributed by atoms with Crippen molar-refractivity contribution < 1.29 is 0 Å². The van der Waals surface area contributed by atoms with Gasteiger partial charge in [0, 0.05) is 0 Å². The Bertz CT molecular complexity index is 214. The average Bonchev–Trinajstić information content (AvgIpc) is 1.99. The highest BCUT2D eigenvalue weighted by Crippen LogP contribution is 2.65. The molecule has 0 aromatic rings. The first-order chi connectivity index (χ1) is 6.13. The summed E-state index contributed by atoms with van der Waals surface area (Å²) in [6, 6.07) is 0. The lowest BCUT2D eigenvalue weighted by molar-refractivity contribution is -0.0905. The maximum Gasteiger partial charge on any atom is -0.0287 e. The zero-order chi connectivity index (χ0) is 9.10. The van der Waals surface area contributed by atoms with E-state index in [1.165, 1.54) is 38.5 Å². The molecule has 0 amide bonds. The number of hydrogen-bond donors (Lipinski definition) is 0. The molecule has 0 nitrogen and oxygen atoms in total. The second kappa shape index (κ2) is 2.32. The Morgan fingerprint density at radius 3 is 2.23 bits per heavy atom. The fourth-order valence-corrected chi connectivity index (χ4v) is 5.06. The van der Waals surface area contributed by atoms with Gasteiger partial charge in [-0.1, -0.05) is 13.3 Å². The summed E-state index contributed by atoms with van der Waals surface area (Å²) in [7, 11) is 0. The average molecular weight is 177 g/mol. The second-order valence-electron chi connectivity index (χ2n) is 6.31. The molecule has 4 aliphatic carbocycles. The topological polar surface area (TPSA) is 0 Å². The van der Waals surface area contributed by atoms with Crippen molar-refractivity contribution >= 4 is 0 Å². The summed E-state index contributed by atoms with van der Waals surface area (Å²) in [5, 5.41) is 0. The van der Waals surface area contributed by atoms with E-state index in [-0.39, 0.29) is 0 Å². The minimum absolute atomic E-state index is 0.514. The molecule has 2 unspecified atom stereocenters. The van der Waals surface area contributed by atoms with Crippen LogP contribution in [0, 0.1) is 29.6 Å². The number of hydrogen-bond acceptors (Lipinski definition) is 0. The van der Waals surface area contributed by atoms with E-state index in [0.29, 0.717) is 5.41 Å². The van der Waals surface area contributed by atoms with Crippen molar-refractivity contribution in [2.24, 2.45) is 22.7 Å². The maximum atomic E-state index is 4.52. The van der Waals surface area contributed by atoms with Crippen LogP contribution < -0.4 is 0 Å². The van der Waals surface area contributed by atoms with E-state index in [0.717, 1.165) is 17.3 Å². The predicted molar refractivity (Wildman–Crippen MR) is 55.2 cm³/mol. The van der Waals surface area contributed by atoms with Crippen LogP contribution in [-0.4, -0.2) is 0 Å². The minimum Gasteiger partial charge on any atom is -0.0649 e. The highest BCUT2D eigenvalue weighted by Gasteiger charge is 2.54. The monoisotopic (exact) mass is 177 g/mol. The van der Waals surface area contributed by atoms with Gasteiger partial charge in [-0.05, 0) is 68.1 Å². The molecule has 4 fully saturated rings. The van der Waals surface area contributed by atoms with Crippen molar-refractivity contribution in [3.05, 3.63) is 6.92 Å². The van der Waals surface area contributed by atoms with Crippen molar-refractivity contribution in [2.75, 3.05) is 0 Å². The Labute approximate surface area is 82.1 Å². The van der Waals surface area contributed by atoms with Gasteiger partial charge in [-0.3, -0.25) is 0 Å². The molecule has 0 N–H and O–H groups in total. The Kier molecular flexibility index (Phi) is 1.49. The van der Waals surface area contributed by atoms with E-state index in [4.69, 9.17) is 0 Å². The molecule has 4 aliphatic rings. The van der Waals surface area contributed by atoms with Crippen LogP contribution in [0.3, 0.4) is 0 Å². The fourth-order valence-electron chi connectivity index (χ4n) is 5.06. The SMILES string of the molecule is [CH2]C12CC3CC(C1)CC(CC)(C3)C2.